The van der Waals surface area contributed by atoms with E-state index in [1.807, 2.05) is 13.8 Å². The van der Waals surface area contributed by atoms with Gasteiger partial charge in [-0.1, -0.05) is 26.0 Å². The lowest BCUT2D eigenvalue weighted by molar-refractivity contribution is -0.139. The minimum absolute atomic E-state index is 0.0623. The summed E-state index contributed by atoms with van der Waals surface area (Å²) in [6, 6.07) is 6.05. The van der Waals surface area contributed by atoms with Crippen molar-refractivity contribution >= 4 is 11.8 Å². The number of ether oxygens (including phenoxy) is 1. The summed E-state index contributed by atoms with van der Waals surface area (Å²) in [4.78, 5) is 25.0. The van der Waals surface area contributed by atoms with Gasteiger partial charge in [0, 0.05) is 23.6 Å². The predicted octanol–water partition coefficient (Wildman–Crippen LogP) is 3.60. The van der Waals surface area contributed by atoms with E-state index in [-0.39, 0.29) is 29.5 Å². The Morgan fingerprint density at radius 1 is 1.28 bits per heavy atom. The van der Waals surface area contributed by atoms with Crippen molar-refractivity contribution < 1.29 is 18.7 Å². The van der Waals surface area contributed by atoms with Gasteiger partial charge in [0.05, 0.1) is 6.61 Å². The van der Waals surface area contributed by atoms with Crippen molar-refractivity contribution in [2.24, 2.45) is 5.41 Å². The average Bonchev–Trinajstić information content (AvgIpc) is 2.53. The van der Waals surface area contributed by atoms with Crippen molar-refractivity contribution in [3.8, 4) is 0 Å². The molecule has 0 aromatic heterocycles. The van der Waals surface area contributed by atoms with E-state index in [0.29, 0.717) is 24.1 Å². The number of dihydropyridines is 1. The van der Waals surface area contributed by atoms with Crippen molar-refractivity contribution in [1.82, 2.24) is 5.32 Å². The molecule has 0 fully saturated rings. The van der Waals surface area contributed by atoms with Crippen LogP contribution in [0.25, 0.3) is 0 Å². The van der Waals surface area contributed by atoms with E-state index in [2.05, 4.69) is 5.32 Å². The molecule has 1 N–H and O–H groups in total. The van der Waals surface area contributed by atoms with Crippen LogP contribution in [0.4, 0.5) is 4.39 Å². The Hall–Kier alpha value is -2.43. The number of allylic oxidation sites excluding steroid dienone is 3. The number of hydrogen-bond donors (Lipinski definition) is 1. The summed E-state index contributed by atoms with van der Waals surface area (Å²) >= 11 is 0. The van der Waals surface area contributed by atoms with Gasteiger partial charge in [-0.2, -0.15) is 0 Å². The summed E-state index contributed by atoms with van der Waals surface area (Å²) < 4.78 is 18.4. The van der Waals surface area contributed by atoms with E-state index in [0.717, 1.165) is 11.3 Å². The van der Waals surface area contributed by atoms with Crippen LogP contribution in [0.3, 0.4) is 0 Å². The third-order valence-corrected chi connectivity index (χ3v) is 4.57. The number of benzene rings is 1. The van der Waals surface area contributed by atoms with Gasteiger partial charge in [0.25, 0.3) is 0 Å². The second-order valence-corrected chi connectivity index (χ2v) is 7.29. The molecule has 0 bridgehead atoms. The zero-order chi connectivity index (χ0) is 18.2. The van der Waals surface area contributed by atoms with Gasteiger partial charge in [0.2, 0.25) is 0 Å². The van der Waals surface area contributed by atoms with E-state index in [9.17, 15) is 14.0 Å². The number of carbonyl (C=O) groups is 2. The quantitative estimate of drug-likeness (QED) is 0.852. The number of halogens is 1. The van der Waals surface area contributed by atoms with E-state index >= 15 is 0 Å². The summed E-state index contributed by atoms with van der Waals surface area (Å²) in [5.41, 5.74) is 2.37. The van der Waals surface area contributed by atoms with E-state index in [1.165, 1.54) is 12.1 Å². The highest BCUT2D eigenvalue weighted by Gasteiger charge is 2.39. The molecule has 0 spiro atoms. The maximum atomic E-state index is 13.3. The summed E-state index contributed by atoms with van der Waals surface area (Å²) in [6.45, 7) is 6.09. The normalized spacial score (nSPS) is 22.0. The lowest BCUT2D eigenvalue weighted by atomic mass is 9.70. The highest BCUT2D eigenvalue weighted by molar-refractivity contribution is 6.01. The van der Waals surface area contributed by atoms with Gasteiger partial charge in [-0.25, -0.2) is 9.18 Å². The first-order valence-electron chi connectivity index (χ1n) is 8.48. The number of carbonyl (C=O) groups excluding carboxylic acids is 2. The lowest BCUT2D eigenvalue weighted by Crippen LogP contribution is -2.37. The van der Waals surface area contributed by atoms with Crippen molar-refractivity contribution in [3.63, 3.8) is 0 Å². The van der Waals surface area contributed by atoms with Crippen molar-refractivity contribution in [1.29, 1.82) is 0 Å². The number of Topliss-reactive ketones (excluding diaryl/α,β-unsaturated/α-hetero) is 1. The largest absolute Gasteiger partial charge is 0.461 e. The van der Waals surface area contributed by atoms with Crippen molar-refractivity contribution in [2.75, 3.05) is 6.61 Å². The molecule has 2 aliphatic rings. The monoisotopic (exact) mass is 343 g/mol. The van der Waals surface area contributed by atoms with Crippen LogP contribution in [-0.4, -0.2) is 18.4 Å². The molecule has 1 aliphatic carbocycles. The van der Waals surface area contributed by atoms with E-state index in [1.54, 1.807) is 25.1 Å². The number of nitrogens with one attached hydrogen (secondary N) is 1. The lowest BCUT2D eigenvalue weighted by Gasteiger charge is -2.37. The highest BCUT2D eigenvalue weighted by Crippen LogP contribution is 2.43. The molecule has 1 aromatic carbocycles. The zero-order valence-electron chi connectivity index (χ0n) is 14.7. The first-order valence-corrected chi connectivity index (χ1v) is 8.48. The van der Waals surface area contributed by atoms with Crippen molar-refractivity contribution in [2.45, 2.75) is 39.5 Å². The minimum atomic E-state index is -0.447. The zero-order valence-corrected chi connectivity index (χ0v) is 14.7. The molecule has 5 heteroatoms. The van der Waals surface area contributed by atoms with Gasteiger partial charge in [0.1, 0.15) is 11.5 Å². The first-order chi connectivity index (χ1) is 11.8. The Balaban J connectivity index is 2.07. The van der Waals surface area contributed by atoms with Crippen molar-refractivity contribution in [3.05, 3.63) is 58.7 Å². The number of hydrogen-bond acceptors (Lipinski definition) is 4. The number of esters is 1. The molecule has 4 nitrogen and oxygen atoms in total. The number of ketones is 1. The molecule has 1 aliphatic heterocycles. The molecule has 25 heavy (non-hydrogen) atoms. The Kier molecular flexibility index (Phi) is 4.50. The Bertz CT molecular complexity index is 775. The summed E-state index contributed by atoms with van der Waals surface area (Å²) in [5.74, 6) is -1.10. The van der Waals surface area contributed by atoms with Gasteiger partial charge in [-0.05, 0) is 42.5 Å². The molecule has 0 amide bonds. The van der Waals surface area contributed by atoms with Crippen LogP contribution in [0.2, 0.25) is 0 Å². The fraction of sp³-hybridized carbons (Fsp3) is 0.400. The van der Waals surface area contributed by atoms with Gasteiger partial charge in [0.15, 0.2) is 5.78 Å². The minimum Gasteiger partial charge on any atom is -0.461 e. The fourth-order valence-electron chi connectivity index (χ4n) is 3.52. The topological polar surface area (TPSA) is 55.4 Å². The Morgan fingerprint density at radius 2 is 1.96 bits per heavy atom. The molecule has 0 radical (unpaired) electrons. The second-order valence-electron chi connectivity index (χ2n) is 7.29. The summed E-state index contributed by atoms with van der Waals surface area (Å²) in [6.07, 6.45) is 2.83. The molecule has 1 aromatic rings. The smallest absolute Gasteiger partial charge is 0.354 e. The van der Waals surface area contributed by atoms with E-state index in [4.69, 9.17) is 4.74 Å². The first kappa shape index (κ1) is 17.4. The van der Waals surface area contributed by atoms with Crippen LogP contribution in [-0.2, 0) is 14.3 Å². The summed E-state index contributed by atoms with van der Waals surface area (Å²) in [5, 5.41) is 3.11. The van der Waals surface area contributed by atoms with Gasteiger partial charge >= 0.3 is 5.97 Å². The molecule has 1 heterocycles. The molecular formula is C20H22FNO3. The van der Waals surface area contributed by atoms with Gasteiger partial charge in [-0.15, -0.1) is 0 Å². The molecular weight excluding hydrogens is 321 g/mol. The molecule has 1 atom stereocenters. The number of rotatable bonds is 3. The van der Waals surface area contributed by atoms with Crippen LogP contribution in [0.5, 0.6) is 0 Å². The van der Waals surface area contributed by atoms with Crippen LogP contribution < -0.4 is 5.32 Å². The maximum absolute atomic E-state index is 13.3. The second kappa shape index (κ2) is 6.47. The third-order valence-electron chi connectivity index (χ3n) is 4.57. The van der Waals surface area contributed by atoms with Crippen LogP contribution in [0, 0.1) is 11.2 Å². The standard InChI is InChI=1S/C20H22FNO3/c1-4-25-19(24)15-9-14(12-5-7-13(21)8-6-12)18-16(22-15)10-20(2,3)11-17(18)23/h5-9,14,22H,4,10-11H2,1-3H3. The van der Waals surface area contributed by atoms with Gasteiger partial charge in [-0.3, -0.25) is 4.79 Å². The SMILES string of the molecule is CCOC(=O)C1=CC(c2ccc(F)cc2)C2=C(CC(C)(C)CC2=O)N1. The van der Waals surface area contributed by atoms with Crippen LogP contribution in [0.15, 0.2) is 47.3 Å². The third kappa shape index (κ3) is 3.50. The van der Waals surface area contributed by atoms with E-state index < -0.39 is 5.97 Å². The predicted molar refractivity (Wildman–Crippen MR) is 92.0 cm³/mol. The molecule has 132 valence electrons. The highest BCUT2D eigenvalue weighted by atomic mass is 19.1. The molecule has 3 rings (SSSR count). The van der Waals surface area contributed by atoms with Crippen LogP contribution in [0.1, 0.15) is 45.1 Å². The summed E-state index contributed by atoms with van der Waals surface area (Å²) in [7, 11) is 0. The molecule has 0 saturated carbocycles. The molecule has 0 saturated heterocycles. The maximum Gasteiger partial charge on any atom is 0.354 e. The Morgan fingerprint density at radius 3 is 2.60 bits per heavy atom. The average molecular weight is 343 g/mol. The van der Waals surface area contributed by atoms with Gasteiger partial charge < -0.3 is 10.1 Å². The fourth-order valence-corrected chi connectivity index (χ4v) is 3.52. The Labute approximate surface area is 146 Å². The molecule has 1 unspecified atom stereocenters. The van der Waals surface area contributed by atoms with Crippen LogP contribution >= 0.6 is 0 Å².